The molecule has 0 fully saturated rings. The number of sulfone groups is 1. The van der Waals surface area contributed by atoms with Crippen LogP contribution in [0, 0.1) is 0 Å². The van der Waals surface area contributed by atoms with E-state index in [4.69, 9.17) is 5.73 Å². The van der Waals surface area contributed by atoms with Gasteiger partial charge in [-0.15, -0.1) is 0 Å². The van der Waals surface area contributed by atoms with E-state index in [2.05, 4.69) is 12.2 Å². The summed E-state index contributed by atoms with van der Waals surface area (Å²) in [6.45, 7) is 5.62. The highest BCUT2D eigenvalue weighted by molar-refractivity contribution is 7.92. The average molecular weight is 264 g/mol. The van der Waals surface area contributed by atoms with E-state index in [9.17, 15) is 13.2 Å². The minimum atomic E-state index is -3.44. The molecule has 6 heteroatoms. The summed E-state index contributed by atoms with van der Waals surface area (Å²) in [6, 6.07) is -0.449. The van der Waals surface area contributed by atoms with Crippen molar-refractivity contribution in [3.63, 3.8) is 0 Å². The third-order valence-electron chi connectivity index (χ3n) is 2.48. The fraction of sp³-hybridized carbons (Fsp3) is 0.909. The van der Waals surface area contributed by atoms with Crippen LogP contribution in [0.2, 0.25) is 0 Å². The van der Waals surface area contributed by atoms with Crippen LogP contribution in [-0.4, -0.2) is 37.9 Å². The zero-order valence-corrected chi connectivity index (χ0v) is 11.7. The van der Waals surface area contributed by atoms with Gasteiger partial charge in [-0.05, 0) is 20.3 Å². The molecule has 3 N–H and O–H groups in total. The standard InChI is InChI=1S/C11H24N2O3S/c1-4-5-6-7-13-11(14)10(3)17(15,16)8-9(2)12/h9-10H,4-8,12H2,1-3H3,(H,13,14). The van der Waals surface area contributed by atoms with Crippen LogP contribution in [0.1, 0.15) is 40.0 Å². The van der Waals surface area contributed by atoms with Crippen molar-refractivity contribution in [1.29, 1.82) is 0 Å². The molecule has 2 unspecified atom stereocenters. The first-order chi connectivity index (χ1) is 7.81. The second-order valence-electron chi connectivity index (χ2n) is 4.45. The van der Waals surface area contributed by atoms with Crippen molar-refractivity contribution in [1.82, 2.24) is 5.32 Å². The Morgan fingerprint density at radius 2 is 1.88 bits per heavy atom. The Morgan fingerprint density at radius 1 is 1.29 bits per heavy atom. The molecule has 0 saturated carbocycles. The smallest absolute Gasteiger partial charge is 0.238 e. The number of nitrogens with two attached hydrogens (primary N) is 1. The van der Waals surface area contributed by atoms with Gasteiger partial charge in [-0.3, -0.25) is 4.79 Å². The van der Waals surface area contributed by atoms with Gasteiger partial charge >= 0.3 is 0 Å². The summed E-state index contributed by atoms with van der Waals surface area (Å²) < 4.78 is 23.5. The summed E-state index contributed by atoms with van der Waals surface area (Å²) >= 11 is 0. The zero-order valence-electron chi connectivity index (χ0n) is 10.9. The first kappa shape index (κ1) is 16.4. The Kier molecular flexibility index (Phi) is 7.38. The molecule has 17 heavy (non-hydrogen) atoms. The van der Waals surface area contributed by atoms with Gasteiger partial charge in [0, 0.05) is 12.6 Å². The van der Waals surface area contributed by atoms with E-state index in [1.54, 1.807) is 6.92 Å². The molecule has 1 amide bonds. The quantitative estimate of drug-likeness (QED) is 0.623. The number of amides is 1. The number of hydrogen-bond donors (Lipinski definition) is 2. The number of carbonyl (C=O) groups is 1. The summed E-state index contributed by atoms with van der Waals surface area (Å²) in [4.78, 5) is 11.6. The van der Waals surface area contributed by atoms with E-state index < -0.39 is 27.0 Å². The molecule has 0 rings (SSSR count). The van der Waals surface area contributed by atoms with Gasteiger partial charge in [-0.2, -0.15) is 0 Å². The number of carbonyl (C=O) groups excluding carboxylic acids is 1. The Balaban J connectivity index is 4.20. The maximum absolute atomic E-state index is 11.7. The van der Waals surface area contributed by atoms with E-state index in [0.717, 1.165) is 19.3 Å². The molecule has 0 aliphatic carbocycles. The molecule has 0 aromatic heterocycles. The van der Waals surface area contributed by atoms with Gasteiger partial charge in [0.2, 0.25) is 5.91 Å². The fourth-order valence-corrected chi connectivity index (χ4v) is 2.84. The van der Waals surface area contributed by atoms with Crippen LogP contribution in [0.4, 0.5) is 0 Å². The molecule has 0 aromatic rings. The lowest BCUT2D eigenvalue weighted by Crippen LogP contribution is -2.42. The first-order valence-corrected chi connectivity index (χ1v) is 7.77. The van der Waals surface area contributed by atoms with Gasteiger partial charge in [-0.25, -0.2) is 8.42 Å². The van der Waals surface area contributed by atoms with E-state index >= 15 is 0 Å². The number of hydrogen-bond acceptors (Lipinski definition) is 4. The van der Waals surface area contributed by atoms with Gasteiger partial charge < -0.3 is 11.1 Å². The van der Waals surface area contributed by atoms with Crippen LogP contribution < -0.4 is 11.1 Å². The molecule has 0 saturated heterocycles. The van der Waals surface area contributed by atoms with Crippen molar-refractivity contribution in [2.24, 2.45) is 5.73 Å². The molecular weight excluding hydrogens is 240 g/mol. The molecule has 102 valence electrons. The van der Waals surface area contributed by atoms with Crippen molar-refractivity contribution in [2.75, 3.05) is 12.3 Å². The summed E-state index contributed by atoms with van der Waals surface area (Å²) in [6.07, 6.45) is 2.97. The Labute approximate surface area is 104 Å². The topological polar surface area (TPSA) is 89.3 Å². The van der Waals surface area contributed by atoms with E-state index in [0.29, 0.717) is 6.54 Å². The molecule has 0 radical (unpaired) electrons. The van der Waals surface area contributed by atoms with Gasteiger partial charge in [0.05, 0.1) is 5.75 Å². The van der Waals surface area contributed by atoms with Crippen molar-refractivity contribution < 1.29 is 13.2 Å². The van der Waals surface area contributed by atoms with Crippen LogP contribution in [0.5, 0.6) is 0 Å². The summed E-state index contributed by atoms with van der Waals surface area (Å²) in [5.74, 6) is -0.585. The highest BCUT2D eigenvalue weighted by Crippen LogP contribution is 2.04. The lowest BCUT2D eigenvalue weighted by molar-refractivity contribution is -0.120. The molecule has 0 heterocycles. The van der Waals surface area contributed by atoms with Gasteiger partial charge in [0.1, 0.15) is 5.25 Å². The van der Waals surface area contributed by atoms with Crippen LogP contribution in [0.3, 0.4) is 0 Å². The van der Waals surface area contributed by atoms with Crippen LogP contribution in [0.15, 0.2) is 0 Å². The predicted molar refractivity (Wildman–Crippen MR) is 69.4 cm³/mol. The first-order valence-electron chi connectivity index (χ1n) is 6.06. The number of rotatable bonds is 8. The molecule has 2 atom stereocenters. The Hall–Kier alpha value is -0.620. The summed E-state index contributed by atoms with van der Waals surface area (Å²) in [7, 11) is -3.44. The van der Waals surface area contributed by atoms with Crippen molar-refractivity contribution >= 4 is 15.7 Å². The minimum absolute atomic E-state index is 0.156. The highest BCUT2D eigenvalue weighted by atomic mass is 32.2. The fourth-order valence-electron chi connectivity index (χ4n) is 1.40. The third-order valence-corrected chi connectivity index (χ3v) is 4.76. The lowest BCUT2D eigenvalue weighted by atomic mass is 10.2. The largest absolute Gasteiger partial charge is 0.355 e. The Bertz CT molecular complexity index is 326. The predicted octanol–water partition coefficient (Wildman–Crippen LogP) is 0.443. The number of unbranched alkanes of at least 4 members (excludes halogenated alkanes) is 2. The lowest BCUT2D eigenvalue weighted by Gasteiger charge is -2.14. The molecule has 0 bridgehead atoms. The summed E-state index contributed by atoms with van der Waals surface area (Å²) in [5.41, 5.74) is 5.45. The van der Waals surface area contributed by atoms with Gasteiger partial charge in [-0.1, -0.05) is 19.8 Å². The normalized spacial score (nSPS) is 15.3. The second kappa shape index (κ2) is 7.66. The van der Waals surface area contributed by atoms with Crippen LogP contribution in [-0.2, 0) is 14.6 Å². The van der Waals surface area contributed by atoms with Crippen molar-refractivity contribution in [3.05, 3.63) is 0 Å². The SMILES string of the molecule is CCCCCNC(=O)C(C)S(=O)(=O)CC(C)N. The third kappa shape index (κ3) is 6.63. The van der Waals surface area contributed by atoms with Gasteiger partial charge in [0.25, 0.3) is 0 Å². The summed E-state index contributed by atoms with van der Waals surface area (Å²) in [5, 5.41) is 1.62. The van der Waals surface area contributed by atoms with Crippen LogP contribution in [0.25, 0.3) is 0 Å². The second-order valence-corrected chi connectivity index (χ2v) is 6.81. The molecule has 0 aromatic carbocycles. The van der Waals surface area contributed by atoms with Crippen LogP contribution >= 0.6 is 0 Å². The molecule has 0 spiro atoms. The maximum Gasteiger partial charge on any atom is 0.238 e. The highest BCUT2D eigenvalue weighted by Gasteiger charge is 2.28. The van der Waals surface area contributed by atoms with Gasteiger partial charge in [0.15, 0.2) is 9.84 Å². The number of nitrogens with one attached hydrogen (secondary N) is 1. The van der Waals surface area contributed by atoms with Crippen molar-refractivity contribution in [3.8, 4) is 0 Å². The molecular formula is C11H24N2O3S. The monoisotopic (exact) mass is 264 g/mol. The maximum atomic E-state index is 11.7. The molecule has 5 nitrogen and oxygen atoms in total. The Morgan fingerprint density at radius 3 is 2.35 bits per heavy atom. The minimum Gasteiger partial charge on any atom is -0.355 e. The van der Waals surface area contributed by atoms with E-state index in [1.165, 1.54) is 6.92 Å². The van der Waals surface area contributed by atoms with E-state index in [1.807, 2.05) is 0 Å². The van der Waals surface area contributed by atoms with E-state index in [-0.39, 0.29) is 5.75 Å². The average Bonchev–Trinajstić information content (AvgIpc) is 2.21. The molecule has 0 aliphatic rings. The van der Waals surface area contributed by atoms with Crippen molar-refractivity contribution in [2.45, 2.75) is 51.3 Å². The molecule has 0 aliphatic heterocycles. The zero-order chi connectivity index (χ0) is 13.5.